The zero-order valence-corrected chi connectivity index (χ0v) is 12.1. The fourth-order valence-corrected chi connectivity index (χ4v) is 2.17. The Labute approximate surface area is 107 Å². The topological polar surface area (TPSA) is 81.1 Å². The van der Waals surface area contributed by atoms with E-state index >= 15 is 0 Å². The second-order valence-electron chi connectivity index (χ2n) is 5.23. The van der Waals surface area contributed by atoms with Gasteiger partial charge < -0.3 is 4.57 Å². The fourth-order valence-electron chi connectivity index (χ4n) is 1.16. The van der Waals surface area contributed by atoms with Gasteiger partial charge in [0.05, 0.1) is 6.54 Å². The zero-order chi connectivity index (χ0) is 14.1. The van der Waals surface area contributed by atoms with Gasteiger partial charge in [-0.1, -0.05) is 20.8 Å². The van der Waals surface area contributed by atoms with Crippen LogP contribution in [0.1, 0.15) is 26.6 Å². The largest absolute Gasteiger partial charge is 0.337 e. The van der Waals surface area contributed by atoms with Gasteiger partial charge in [-0.2, -0.15) is 0 Å². The van der Waals surface area contributed by atoms with Gasteiger partial charge in [0.2, 0.25) is 0 Å². The van der Waals surface area contributed by atoms with Gasteiger partial charge in [0, 0.05) is 18.7 Å². The molecule has 7 heteroatoms. The van der Waals surface area contributed by atoms with Gasteiger partial charge in [0.1, 0.15) is 5.82 Å². The van der Waals surface area contributed by atoms with Crippen molar-refractivity contribution in [2.45, 2.75) is 32.7 Å². The summed E-state index contributed by atoms with van der Waals surface area (Å²) in [7, 11) is -2.01. The molecule has 0 bridgehead atoms. The molecule has 1 N–H and O–H groups in total. The van der Waals surface area contributed by atoms with Crippen molar-refractivity contribution in [3.8, 4) is 0 Å². The highest BCUT2D eigenvalue weighted by Crippen LogP contribution is 2.14. The number of nitrogens with one attached hydrogen (secondary N) is 1. The van der Waals surface area contributed by atoms with Gasteiger partial charge in [-0.3, -0.25) is 4.79 Å². The fraction of sp³-hybridized carbons (Fsp3) is 0.636. The van der Waals surface area contributed by atoms with Gasteiger partial charge in [0.25, 0.3) is 10.0 Å². The van der Waals surface area contributed by atoms with Gasteiger partial charge in [-0.15, -0.1) is 0 Å². The average molecular weight is 273 g/mol. The summed E-state index contributed by atoms with van der Waals surface area (Å²) in [5.41, 5.74) is -0.567. The number of imidazole rings is 1. The molecule has 0 unspecified atom stereocenters. The van der Waals surface area contributed by atoms with Crippen LogP contribution in [0.3, 0.4) is 0 Å². The van der Waals surface area contributed by atoms with Gasteiger partial charge >= 0.3 is 0 Å². The molecule has 102 valence electrons. The second kappa shape index (κ2) is 4.81. The van der Waals surface area contributed by atoms with Crippen LogP contribution in [-0.4, -0.2) is 30.3 Å². The summed E-state index contributed by atoms with van der Waals surface area (Å²) in [6.45, 7) is 6.72. The number of carbonyl (C=O) groups is 1. The van der Waals surface area contributed by atoms with E-state index in [9.17, 15) is 13.2 Å². The van der Waals surface area contributed by atoms with Crippen LogP contribution in [0.25, 0.3) is 0 Å². The molecule has 0 aliphatic carbocycles. The SMILES string of the molecule is Cc1nc(S(=O)(=O)NCC(=O)C(C)(C)C)cn1C. The van der Waals surface area contributed by atoms with Crippen LogP contribution in [-0.2, 0) is 21.9 Å². The van der Waals surface area contributed by atoms with E-state index < -0.39 is 15.4 Å². The van der Waals surface area contributed by atoms with Gasteiger partial charge in [-0.25, -0.2) is 18.1 Å². The Hall–Kier alpha value is -1.21. The lowest BCUT2D eigenvalue weighted by Crippen LogP contribution is -2.35. The zero-order valence-electron chi connectivity index (χ0n) is 11.3. The smallest absolute Gasteiger partial charge is 0.259 e. The van der Waals surface area contributed by atoms with E-state index in [2.05, 4.69) is 9.71 Å². The molecule has 0 aliphatic heterocycles. The average Bonchev–Trinajstić information content (AvgIpc) is 2.55. The number of nitrogens with zero attached hydrogens (tertiary/aromatic N) is 2. The summed E-state index contributed by atoms with van der Waals surface area (Å²) < 4.78 is 27.7. The second-order valence-corrected chi connectivity index (χ2v) is 6.95. The number of ketones is 1. The number of aryl methyl sites for hydroxylation is 2. The highest BCUT2D eigenvalue weighted by atomic mass is 32.2. The van der Waals surface area contributed by atoms with Crippen LogP contribution in [0.4, 0.5) is 0 Å². The number of hydrogen-bond donors (Lipinski definition) is 1. The predicted octanol–water partition coefficient (Wildman–Crippen LogP) is 0.622. The van der Waals surface area contributed by atoms with Crippen molar-refractivity contribution in [2.75, 3.05) is 6.54 Å². The van der Waals surface area contributed by atoms with E-state index in [0.717, 1.165) is 0 Å². The maximum atomic E-state index is 11.9. The van der Waals surface area contributed by atoms with Crippen molar-refractivity contribution in [3.63, 3.8) is 0 Å². The first-order chi connectivity index (χ1) is 8.04. The van der Waals surface area contributed by atoms with Crippen molar-refractivity contribution in [2.24, 2.45) is 12.5 Å². The number of carbonyl (C=O) groups excluding carboxylic acids is 1. The quantitative estimate of drug-likeness (QED) is 0.872. The Balaban J connectivity index is 2.81. The lowest BCUT2D eigenvalue weighted by Gasteiger charge is -2.16. The summed E-state index contributed by atoms with van der Waals surface area (Å²) in [5.74, 6) is 0.427. The molecule has 0 saturated heterocycles. The van der Waals surface area contributed by atoms with E-state index in [-0.39, 0.29) is 17.4 Å². The normalized spacial score (nSPS) is 12.7. The number of hydrogen-bond acceptors (Lipinski definition) is 4. The molecular formula is C11H19N3O3S. The van der Waals surface area contributed by atoms with Crippen molar-refractivity contribution in [3.05, 3.63) is 12.0 Å². The van der Waals surface area contributed by atoms with E-state index in [1.54, 1.807) is 39.3 Å². The van der Waals surface area contributed by atoms with Crippen molar-refractivity contribution >= 4 is 15.8 Å². The van der Waals surface area contributed by atoms with E-state index in [1.807, 2.05) is 0 Å². The summed E-state index contributed by atoms with van der Waals surface area (Å²) in [6.07, 6.45) is 1.42. The molecule has 0 atom stereocenters. The maximum absolute atomic E-state index is 11.9. The molecule has 0 fully saturated rings. The Morgan fingerprint density at radius 3 is 2.39 bits per heavy atom. The Kier molecular flexibility index (Phi) is 3.97. The van der Waals surface area contributed by atoms with Crippen LogP contribution in [0.2, 0.25) is 0 Å². The van der Waals surface area contributed by atoms with Crippen molar-refractivity contribution < 1.29 is 13.2 Å². The van der Waals surface area contributed by atoms with Crippen LogP contribution in [0.15, 0.2) is 11.2 Å². The van der Waals surface area contributed by atoms with Crippen LogP contribution >= 0.6 is 0 Å². The molecule has 0 amide bonds. The monoisotopic (exact) mass is 273 g/mol. The molecule has 1 rings (SSSR count). The van der Waals surface area contributed by atoms with Crippen LogP contribution < -0.4 is 4.72 Å². The third kappa shape index (κ3) is 3.39. The van der Waals surface area contributed by atoms with Gasteiger partial charge in [-0.05, 0) is 6.92 Å². The lowest BCUT2D eigenvalue weighted by molar-refractivity contribution is -0.125. The minimum atomic E-state index is -3.72. The van der Waals surface area contributed by atoms with Gasteiger partial charge in [0.15, 0.2) is 10.8 Å². The first kappa shape index (κ1) is 14.8. The molecule has 0 radical (unpaired) electrons. The first-order valence-electron chi connectivity index (χ1n) is 5.57. The predicted molar refractivity (Wildman–Crippen MR) is 67.6 cm³/mol. The molecule has 6 nitrogen and oxygen atoms in total. The minimum Gasteiger partial charge on any atom is -0.337 e. The number of aromatic nitrogens is 2. The van der Waals surface area contributed by atoms with E-state index in [4.69, 9.17) is 0 Å². The summed E-state index contributed by atoms with van der Waals surface area (Å²) in [6, 6.07) is 0. The van der Waals surface area contributed by atoms with E-state index in [1.165, 1.54) is 6.20 Å². The Morgan fingerprint density at radius 2 is 2.00 bits per heavy atom. The molecule has 1 heterocycles. The number of Topliss-reactive ketones (excluding diaryl/α,β-unsaturated/α-hetero) is 1. The maximum Gasteiger partial charge on any atom is 0.259 e. The first-order valence-corrected chi connectivity index (χ1v) is 7.05. The summed E-state index contributed by atoms with van der Waals surface area (Å²) in [4.78, 5) is 15.6. The molecule has 1 aromatic rings. The number of rotatable bonds is 4. The van der Waals surface area contributed by atoms with Crippen LogP contribution in [0, 0.1) is 12.3 Å². The highest BCUT2D eigenvalue weighted by molar-refractivity contribution is 7.89. The molecule has 0 aromatic carbocycles. The molecule has 0 aliphatic rings. The van der Waals surface area contributed by atoms with Crippen molar-refractivity contribution in [1.82, 2.24) is 14.3 Å². The minimum absolute atomic E-state index is 0.0655. The third-order valence-electron chi connectivity index (χ3n) is 2.62. The van der Waals surface area contributed by atoms with E-state index in [0.29, 0.717) is 5.82 Å². The Bertz CT molecular complexity index is 533. The highest BCUT2D eigenvalue weighted by Gasteiger charge is 2.24. The standard InChI is InChI=1S/C11H19N3O3S/c1-8-13-10(7-14(8)5)18(16,17)12-6-9(15)11(2,3)4/h7,12H,6H2,1-5H3. The Morgan fingerprint density at radius 1 is 1.44 bits per heavy atom. The van der Waals surface area contributed by atoms with Crippen molar-refractivity contribution in [1.29, 1.82) is 0 Å². The lowest BCUT2D eigenvalue weighted by atomic mass is 9.91. The van der Waals surface area contributed by atoms with Crippen LogP contribution in [0.5, 0.6) is 0 Å². The molecular weight excluding hydrogens is 254 g/mol. The molecule has 0 spiro atoms. The summed E-state index contributed by atoms with van der Waals surface area (Å²) >= 11 is 0. The third-order valence-corrected chi connectivity index (χ3v) is 3.89. The number of sulfonamides is 1. The molecule has 1 aromatic heterocycles. The molecule has 18 heavy (non-hydrogen) atoms. The summed E-state index contributed by atoms with van der Waals surface area (Å²) in [5, 5.41) is -0.0655. The molecule has 0 saturated carbocycles.